The lowest BCUT2D eigenvalue weighted by Gasteiger charge is -2.08. The lowest BCUT2D eigenvalue weighted by Crippen LogP contribution is -2.32. The number of aryl methyl sites for hydroxylation is 1. The zero-order valence-corrected chi connectivity index (χ0v) is 14.6. The van der Waals surface area contributed by atoms with Gasteiger partial charge in [-0.25, -0.2) is 0 Å². The first-order valence-electron chi connectivity index (χ1n) is 7.46. The molecule has 0 unspecified atom stereocenters. The molecule has 0 aromatic carbocycles. The lowest BCUT2D eigenvalue weighted by molar-refractivity contribution is -0.120. The largest absolute Gasteiger partial charge is 0.355 e. The lowest BCUT2D eigenvalue weighted by atomic mass is 10.1. The van der Waals surface area contributed by atoms with Gasteiger partial charge in [0.05, 0.1) is 12.1 Å². The van der Waals surface area contributed by atoms with Crippen molar-refractivity contribution < 1.29 is 4.79 Å². The Hall–Kier alpha value is -1.07. The molecule has 1 aromatic rings. The number of rotatable bonds is 8. The molecule has 0 saturated heterocycles. The van der Waals surface area contributed by atoms with E-state index in [9.17, 15) is 4.79 Å². The highest BCUT2D eigenvalue weighted by Crippen LogP contribution is 2.15. The van der Waals surface area contributed by atoms with Crippen LogP contribution in [0.1, 0.15) is 37.7 Å². The van der Waals surface area contributed by atoms with Crippen LogP contribution in [0.4, 0.5) is 0 Å². The molecule has 5 nitrogen and oxygen atoms in total. The van der Waals surface area contributed by atoms with E-state index >= 15 is 0 Å². The van der Waals surface area contributed by atoms with Crippen LogP contribution in [-0.2, 0) is 17.8 Å². The van der Waals surface area contributed by atoms with Crippen molar-refractivity contribution in [2.45, 2.75) is 47.6 Å². The standard InChI is InChI=1S/C15H28N4O.ClH/c1-6-16-7-8-17-15(20)9-14-12(4)18-19(13(14)5)10-11(2)3;/h11,16H,6-10H2,1-5H3,(H,17,20);1H. The van der Waals surface area contributed by atoms with E-state index < -0.39 is 0 Å². The van der Waals surface area contributed by atoms with Crippen LogP contribution in [0.15, 0.2) is 0 Å². The molecule has 0 spiro atoms. The predicted octanol–water partition coefficient (Wildman–Crippen LogP) is 1.85. The summed E-state index contributed by atoms with van der Waals surface area (Å²) < 4.78 is 2.02. The van der Waals surface area contributed by atoms with Crippen molar-refractivity contribution in [1.29, 1.82) is 0 Å². The zero-order valence-electron chi connectivity index (χ0n) is 13.8. The topological polar surface area (TPSA) is 58.9 Å². The normalized spacial score (nSPS) is 10.6. The van der Waals surface area contributed by atoms with Gasteiger partial charge in [0, 0.05) is 30.9 Å². The van der Waals surface area contributed by atoms with Gasteiger partial charge in [-0.2, -0.15) is 5.10 Å². The van der Waals surface area contributed by atoms with E-state index in [1.165, 1.54) is 0 Å². The second-order valence-corrected chi connectivity index (χ2v) is 5.61. The number of likely N-dealkylation sites (N-methyl/N-ethyl adjacent to an activating group) is 1. The molecule has 21 heavy (non-hydrogen) atoms. The molecule has 122 valence electrons. The quantitative estimate of drug-likeness (QED) is 0.720. The summed E-state index contributed by atoms with van der Waals surface area (Å²) in [4.78, 5) is 11.9. The molecule has 0 aliphatic rings. The minimum Gasteiger partial charge on any atom is -0.355 e. The number of nitrogens with one attached hydrogen (secondary N) is 2. The van der Waals surface area contributed by atoms with E-state index in [1.54, 1.807) is 0 Å². The molecule has 1 rings (SSSR count). The fourth-order valence-corrected chi connectivity index (χ4v) is 2.20. The van der Waals surface area contributed by atoms with Crippen LogP contribution in [0.3, 0.4) is 0 Å². The summed E-state index contributed by atoms with van der Waals surface area (Å²) in [6.45, 7) is 13.7. The molecular formula is C15H29ClN4O. The third-order valence-electron chi connectivity index (χ3n) is 3.28. The van der Waals surface area contributed by atoms with Crippen LogP contribution in [-0.4, -0.2) is 35.3 Å². The maximum Gasteiger partial charge on any atom is 0.224 e. The van der Waals surface area contributed by atoms with Crippen molar-refractivity contribution in [2.75, 3.05) is 19.6 Å². The van der Waals surface area contributed by atoms with Gasteiger partial charge in [-0.05, 0) is 26.3 Å². The summed E-state index contributed by atoms with van der Waals surface area (Å²) in [5, 5.41) is 10.7. The minimum atomic E-state index is 0. The number of carbonyl (C=O) groups is 1. The Morgan fingerprint density at radius 1 is 1.29 bits per heavy atom. The van der Waals surface area contributed by atoms with Crippen molar-refractivity contribution in [2.24, 2.45) is 5.92 Å². The Morgan fingerprint density at radius 3 is 2.52 bits per heavy atom. The van der Waals surface area contributed by atoms with E-state index in [-0.39, 0.29) is 18.3 Å². The SMILES string of the molecule is CCNCCNC(=O)Cc1c(C)nn(CC(C)C)c1C.Cl. The van der Waals surface area contributed by atoms with Gasteiger partial charge in [0.1, 0.15) is 0 Å². The van der Waals surface area contributed by atoms with Crippen molar-refractivity contribution in [1.82, 2.24) is 20.4 Å². The molecule has 1 amide bonds. The van der Waals surface area contributed by atoms with Crippen LogP contribution in [0.25, 0.3) is 0 Å². The predicted molar refractivity (Wildman–Crippen MR) is 89.0 cm³/mol. The average molecular weight is 317 g/mol. The molecule has 1 heterocycles. The van der Waals surface area contributed by atoms with Crippen LogP contribution in [0.2, 0.25) is 0 Å². The van der Waals surface area contributed by atoms with Gasteiger partial charge >= 0.3 is 0 Å². The molecule has 0 radical (unpaired) electrons. The molecule has 2 N–H and O–H groups in total. The third-order valence-corrected chi connectivity index (χ3v) is 3.28. The highest BCUT2D eigenvalue weighted by atomic mass is 35.5. The molecule has 0 atom stereocenters. The molecule has 1 aromatic heterocycles. The van der Waals surface area contributed by atoms with Gasteiger partial charge in [-0.15, -0.1) is 12.4 Å². The zero-order chi connectivity index (χ0) is 15.1. The number of amides is 1. The molecular weight excluding hydrogens is 288 g/mol. The summed E-state index contributed by atoms with van der Waals surface area (Å²) in [5.74, 6) is 0.619. The van der Waals surface area contributed by atoms with Crippen molar-refractivity contribution in [3.8, 4) is 0 Å². The summed E-state index contributed by atoms with van der Waals surface area (Å²) in [6, 6.07) is 0. The molecule has 0 aliphatic carbocycles. The molecule has 0 saturated carbocycles. The first kappa shape index (κ1) is 19.9. The first-order valence-corrected chi connectivity index (χ1v) is 7.46. The second kappa shape index (κ2) is 9.79. The van der Waals surface area contributed by atoms with Crippen molar-refractivity contribution >= 4 is 18.3 Å². The van der Waals surface area contributed by atoms with Gasteiger partial charge in [0.15, 0.2) is 0 Å². The molecule has 0 fully saturated rings. The Labute approximate surface area is 134 Å². The Kier molecular flexibility index (Phi) is 9.29. The van der Waals surface area contributed by atoms with Gasteiger partial charge in [0.25, 0.3) is 0 Å². The fourth-order valence-electron chi connectivity index (χ4n) is 2.20. The third kappa shape index (κ3) is 6.48. The Morgan fingerprint density at radius 2 is 1.95 bits per heavy atom. The summed E-state index contributed by atoms with van der Waals surface area (Å²) in [5.41, 5.74) is 3.13. The monoisotopic (exact) mass is 316 g/mol. The number of hydrogen-bond acceptors (Lipinski definition) is 3. The average Bonchev–Trinajstić information content (AvgIpc) is 2.62. The molecule has 0 aliphatic heterocycles. The van der Waals surface area contributed by atoms with Crippen LogP contribution in [0.5, 0.6) is 0 Å². The van der Waals surface area contributed by atoms with E-state index in [2.05, 4.69) is 36.5 Å². The van der Waals surface area contributed by atoms with Gasteiger partial charge in [-0.1, -0.05) is 20.8 Å². The van der Waals surface area contributed by atoms with E-state index in [0.29, 0.717) is 18.9 Å². The Balaban J connectivity index is 0.00000400. The second-order valence-electron chi connectivity index (χ2n) is 5.61. The smallest absolute Gasteiger partial charge is 0.224 e. The number of aromatic nitrogens is 2. The van der Waals surface area contributed by atoms with E-state index in [1.807, 2.05) is 18.5 Å². The number of hydrogen-bond donors (Lipinski definition) is 2. The van der Waals surface area contributed by atoms with Gasteiger partial charge in [-0.3, -0.25) is 9.48 Å². The van der Waals surface area contributed by atoms with Gasteiger partial charge < -0.3 is 10.6 Å². The highest BCUT2D eigenvalue weighted by molar-refractivity contribution is 5.85. The summed E-state index contributed by atoms with van der Waals surface area (Å²) in [7, 11) is 0. The van der Waals surface area contributed by atoms with Crippen LogP contribution >= 0.6 is 12.4 Å². The maximum atomic E-state index is 11.9. The highest BCUT2D eigenvalue weighted by Gasteiger charge is 2.15. The van der Waals surface area contributed by atoms with Crippen molar-refractivity contribution in [3.63, 3.8) is 0 Å². The summed E-state index contributed by atoms with van der Waals surface area (Å²) in [6.07, 6.45) is 0.419. The number of nitrogens with zero attached hydrogens (tertiary/aromatic N) is 2. The number of halogens is 1. The van der Waals surface area contributed by atoms with E-state index in [0.717, 1.165) is 36.6 Å². The van der Waals surface area contributed by atoms with E-state index in [4.69, 9.17) is 0 Å². The fraction of sp³-hybridized carbons (Fsp3) is 0.733. The molecule has 0 bridgehead atoms. The van der Waals surface area contributed by atoms with Crippen LogP contribution < -0.4 is 10.6 Å². The summed E-state index contributed by atoms with van der Waals surface area (Å²) >= 11 is 0. The Bertz CT molecular complexity index is 443. The van der Waals surface area contributed by atoms with Crippen molar-refractivity contribution in [3.05, 3.63) is 17.0 Å². The number of carbonyl (C=O) groups excluding carboxylic acids is 1. The maximum absolute atomic E-state index is 11.9. The first-order chi connectivity index (χ1) is 9.45. The van der Waals surface area contributed by atoms with Gasteiger partial charge in [0.2, 0.25) is 5.91 Å². The van der Waals surface area contributed by atoms with Crippen LogP contribution in [0, 0.1) is 19.8 Å². The minimum absolute atomic E-state index is 0. The molecule has 6 heteroatoms.